The van der Waals surface area contributed by atoms with E-state index < -0.39 is 0 Å². The maximum atomic E-state index is 13.3. The molecule has 1 unspecified atom stereocenters. The Morgan fingerprint density at radius 2 is 2.05 bits per heavy atom. The maximum absolute atomic E-state index is 13.3. The number of para-hydroxylation sites is 1. The zero-order valence-electron chi connectivity index (χ0n) is 21.7. The predicted molar refractivity (Wildman–Crippen MR) is 145 cm³/mol. The first-order valence-electron chi connectivity index (χ1n) is 12.4. The van der Waals surface area contributed by atoms with Gasteiger partial charge in [0.1, 0.15) is 5.15 Å². The van der Waals surface area contributed by atoms with Crippen molar-refractivity contribution in [2.24, 2.45) is 0 Å². The number of aromatic nitrogens is 3. The van der Waals surface area contributed by atoms with Crippen molar-refractivity contribution in [3.63, 3.8) is 0 Å². The van der Waals surface area contributed by atoms with Gasteiger partial charge in [-0.3, -0.25) is 14.9 Å². The number of imidazole rings is 1. The largest absolute Gasteiger partial charge is 0.481 e. The number of carbonyl (C=O) groups excluding carboxylic acids is 2. The van der Waals surface area contributed by atoms with Crippen LogP contribution in [0.4, 0.5) is 5.95 Å². The number of benzene rings is 1. The van der Waals surface area contributed by atoms with Gasteiger partial charge in [-0.2, -0.15) is 0 Å². The smallest absolute Gasteiger partial charge is 0.258 e. The summed E-state index contributed by atoms with van der Waals surface area (Å²) in [4.78, 5) is 39.0. The molecule has 2 amide bonds. The second kappa shape index (κ2) is 11.7. The van der Waals surface area contributed by atoms with Crippen LogP contribution < -0.4 is 10.1 Å². The topological polar surface area (TPSA) is 92.6 Å². The highest BCUT2D eigenvalue weighted by molar-refractivity contribution is 6.30. The summed E-state index contributed by atoms with van der Waals surface area (Å²) in [5, 5.41) is 3.14. The molecule has 1 fully saturated rings. The quantitative estimate of drug-likeness (QED) is 0.365. The van der Waals surface area contributed by atoms with Crippen LogP contribution in [0, 0.1) is 6.92 Å². The number of halogens is 1. The lowest BCUT2D eigenvalue weighted by Crippen LogP contribution is -2.35. The van der Waals surface area contributed by atoms with E-state index in [1.807, 2.05) is 55.1 Å². The van der Waals surface area contributed by atoms with Gasteiger partial charge >= 0.3 is 0 Å². The minimum atomic E-state index is -0.370. The third kappa shape index (κ3) is 6.29. The Labute approximate surface area is 222 Å². The van der Waals surface area contributed by atoms with Gasteiger partial charge in [0.2, 0.25) is 17.7 Å². The van der Waals surface area contributed by atoms with Crippen molar-refractivity contribution in [1.29, 1.82) is 0 Å². The van der Waals surface area contributed by atoms with Crippen molar-refractivity contribution in [3.8, 4) is 5.88 Å². The second-order valence-corrected chi connectivity index (χ2v) is 9.91. The highest BCUT2D eigenvalue weighted by Gasteiger charge is 2.27. The molecule has 3 heterocycles. The Morgan fingerprint density at radius 3 is 2.81 bits per heavy atom. The van der Waals surface area contributed by atoms with Gasteiger partial charge in [-0.1, -0.05) is 29.8 Å². The van der Waals surface area contributed by atoms with E-state index >= 15 is 0 Å². The number of ether oxygens (including phenoxy) is 1. The van der Waals surface area contributed by atoms with Crippen LogP contribution in [0.15, 0.2) is 42.5 Å². The minimum absolute atomic E-state index is 0.000925. The summed E-state index contributed by atoms with van der Waals surface area (Å²) >= 11 is 6.09. The fourth-order valence-corrected chi connectivity index (χ4v) is 4.85. The van der Waals surface area contributed by atoms with Crippen LogP contribution in [0.2, 0.25) is 5.15 Å². The van der Waals surface area contributed by atoms with E-state index in [1.54, 1.807) is 6.08 Å². The molecule has 1 aromatic carbocycles. The summed E-state index contributed by atoms with van der Waals surface area (Å²) in [6, 6.07) is 8.89. The number of carbonyl (C=O) groups is 2. The molecule has 0 bridgehead atoms. The molecule has 1 N–H and O–H groups in total. The molecule has 10 heteroatoms. The van der Waals surface area contributed by atoms with Gasteiger partial charge in [-0.25, -0.2) is 9.97 Å². The SMILES string of the molecule is COc1cc(C(=O)Nc2nc3cccc(C)c3n2C2CCCCN(C(=O)C=CCN(C)C)C2)cc(Cl)n1. The molecular weight excluding hydrogens is 492 g/mol. The zero-order chi connectivity index (χ0) is 26.5. The maximum Gasteiger partial charge on any atom is 0.258 e. The second-order valence-electron chi connectivity index (χ2n) is 9.52. The fourth-order valence-electron chi connectivity index (χ4n) is 4.65. The van der Waals surface area contributed by atoms with Crippen LogP contribution in [-0.2, 0) is 4.79 Å². The Kier molecular flexibility index (Phi) is 8.45. The summed E-state index contributed by atoms with van der Waals surface area (Å²) < 4.78 is 7.25. The summed E-state index contributed by atoms with van der Waals surface area (Å²) in [5.74, 6) is 0.315. The third-order valence-electron chi connectivity index (χ3n) is 6.43. The van der Waals surface area contributed by atoms with Gasteiger partial charge in [0, 0.05) is 37.3 Å². The number of hydrogen-bond donors (Lipinski definition) is 1. The van der Waals surface area contributed by atoms with E-state index in [-0.39, 0.29) is 28.9 Å². The van der Waals surface area contributed by atoms with Gasteiger partial charge in [0.25, 0.3) is 5.91 Å². The number of fused-ring (bicyclic) bond motifs is 1. The first-order chi connectivity index (χ1) is 17.8. The van der Waals surface area contributed by atoms with E-state index in [1.165, 1.54) is 19.2 Å². The monoisotopic (exact) mass is 524 g/mol. The summed E-state index contributed by atoms with van der Waals surface area (Å²) in [7, 11) is 5.40. The third-order valence-corrected chi connectivity index (χ3v) is 6.63. The molecule has 0 spiro atoms. The number of hydrogen-bond acceptors (Lipinski definition) is 6. The fraction of sp³-hybridized carbons (Fsp3) is 0.407. The zero-order valence-corrected chi connectivity index (χ0v) is 22.5. The minimum Gasteiger partial charge on any atom is -0.481 e. The lowest BCUT2D eigenvalue weighted by Gasteiger charge is -2.26. The number of nitrogens with one attached hydrogen (secondary N) is 1. The molecular formula is C27H33ClN6O3. The van der Waals surface area contributed by atoms with Crippen molar-refractivity contribution in [3.05, 3.63) is 58.8 Å². The van der Waals surface area contributed by atoms with E-state index in [0.29, 0.717) is 31.1 Å². The molecule has 0 saturated carbocycles. The van der Waals surface area contributed by atoms with E-state index in [4.69, 9.17) is 21.3 Å². The highest BCUT2D eigenvalue weighted by Crippen LogP contribution is 2.32. The van der Waals surface area contributed by atoms with Crippen LogP contribution in [0.3, 0.4) is 0 Å². The average molecular weight is 525 g/mol. The summed E-state index contributed by atoms with van der Waals surface area (Å²) in [5.41, 5.74) is 3.10. The number of rotatable bonds is 7. The Balaban J connectivity index is 1.68. The molecule has 0 aliphatic carbocycles. The number of nitrogens with zero attached hydrogens (tertiary/aromatic N) is 5. The molecule has 1 saturated heterocycles. The van der Waals surface area contributed by atoms with Crippen LogP contribution in [0.1, 0.15) is 41.2 Å². The normalized spacial score (nSPS) is 16.4. The van der Waals surface area contributed by atoms with Crippen LogP contribution >= 0.6 is 11.6 Å². The van der Waals surface area contributed by atoms with Gasteiger partial charge < -0.3 is 19.1 Å². The van der Waals surface area contributed by atoms with Crippen LogP contribution in [0.25, 0.3) is 11.0 Å². The standard InChI is InChI=1S/C27H33ClN6O3/c1-18-9-7-11-21-25(18)34(20-10-5-6-14-33(17-20)24(35)12-8-13-32(2)3)27(29-21)31-26(36)19-15-22(28)30-23(16-19)37-4/h7-9,11-12,15-16,20H,5-6,10,13-14,17H2,1-4H3,(H,29,31,36). The van der Waals surface area contributed by atoms with Gasteiger partial charge in [0.15, 0.2) is 0 Å². The number of anilines is 1. The molecule has 3 aromatic rings. The van der Waals surface area contributed by atoms with Gasteiger partial charge in [-0.05, 0) is 58.0 Å². The number of aryl methyl sites for hydroxylation is 1. The Hall–Kier alpha value is -3.43. The van der Waals surface area contributed by atoms with Crippen LogP contribution in [-0.4, -0.2) is 77.0 Å². The first-order valence-corrected chi connectivity index (χ1v) is 12.7. The Bertz CT molecular complexity index is 1320. The number of likely N-dealkylation sites (tertiary alicyclic amines) is 1. The van der Waals surface area contributed by atoms with Crippen molar-refractivity contribution >= 4 is 40.4 Å². The first kappa shape index (κ1) is 26.6. The number of pyridine rings is 1. The summed E-state index contributed by atoms with van der Waals surface area (Å²) in [6.07, 6.45) is 6.29. The molecule has 1 atom stereocenters. The molecule has 9 nitrogen and oxygen atoms in total. The lowest BCUT2D eigenvalue weighted by atomic mass is 10.1. The van der Waals surface area contributed by atoms with Crippen LogP contribution in [0.5, 0.6) is 5.88 Å². The molecule has 0 radical (unpaired) electrons. The van der Waals surface area contributed by atoms with Crippen molar-refractivity contribution in [1.82, 2.24) is 24.3 Å². The predicted octanol–water partition coefficient (Wildman–Crippen LogP) is 4.33. The van der Waals surface area contributed by atoms with Crippen molar-refractivity contribution in [2.45, 2.75) is 32.2 Å². The summed E-state index contributed by atoms with van der Waals surface area (Å²) in [6.45, 7) is 3.96. The average Bonchev–Trinajstić information content (AvgIpc) is 3.05. The molecule has 37 heavy (non-hydrogen) atoms. The number of amides is 2. The molecule has 1 aliphatic heterocycles. The van der Waals surface area contributed by atoms with Gasteiger partial charge in [0.05, 0.1) is 24.2 Å². The molecule has 196 valence electrons. The van der Waals surface area contributed by atoms with Crippen molar-refractivity contribution in [2.75, 3.05) is 46.2 Å². The number of likely N-dealkylation sites (N-methyl/N-ethyl adjacent to an activating group) is 1. The highest BCUT2D eigenvalue weighted by atomic mass is 35.5. The molecule has 4 rings (SSSR count). The van der Waals surface area contributed by atoms with Gasteiger partial charge in [-0.15, -0.1) is 0 Å². The number of methoxy groups -OCH3 is 1. The Morgan fingerprint density at radius 1 is 1.24 bits per heavy atom. The van der Waals surface area contributed by atoms with E-state index in [2.05, 4.69) is 14.9 Å². The van der Waals surface area contributed by atoms with E-state index in [9.17, 15) is 9.59 Å². The molecule has 1 aliphatic rings. The lowest BCUT2D eigenvalue weighted by molar-refractivity contribution is -0.126. The van der Waals surface area contributed by atoms with Crippen molar-refractivity contribution < 1.29 is 14.3 Å². The van der Waals surface area contributed by atoms with E-state index in [0.717, 1.165) is 35.9 Å². The molecule has 2 aromatic heterocycles.